The second kappa shape index (κ2) is 3.95. The van der Waals surface area contributed by atoms with Crippen molar-refractivity contribution in [2.75, 3.05) is 7.11 Å². The molecule has 0 aromatic heterocycles. The first-order valence-electron chi connectivity index (χ1n) is 3.83. The molecular weight excluding hydrogens is 234 g/mol. The lowest BCUT2D eigenvalue weighted by Gasteiger charge is -2.39. The van der Waals surface area contributed by atoms with E-state index in [1.165, 1.54) is 0 Å². The van der Waals surface area contributed by atoms with Gasteiger partial charge < -0.3 is 9.47 Å². The topological polar surface area (TPSA) is 18.5 Å². The molecule has 76 valence electrons. The van der Waals surface area contributed by atoms with Crippen molar-refractivity contribution in [3.8, 4) is 0 Å². The molecule has 0 bridgehead atoms. The molecule has 1 rings (SSSR count). The third kappa shape index (κ3) is 2.51. The summed E-state index contributed by atoms with van der Waals surface area (Å²) in [5.41, 5.74) is -0.826. The van der Waals surface area contributed by atoms with Gasteiger partial charge in [0.25, 0.3) is 0 Å². The third-order valence-electron chi connectivity index (χ3n) is 2.01. The molecular formula is C8H11Cl3O2. The second-order valence-corrected chi connectivity index (χ2v) is 5.36. The van der Waals surface area contributed by atoms with Crippen molar-refractivity contribution in [3.05, 3.63) is 12.2 Å². The molecule has 0 aromatic rings. The van der Waals surface area contributed by atoms with E-state index in [1.54, 1.807) is 20.1 Å². The number of hydrogen-bond donors (Lipinski definition) is 0. The maximum atomic E-state index is 5.79. The van der Waals surface area contributed by atoms with Crippen LogP contribution < -0.4 is 0 Å². The van der Waals surface area contributed by atoms with E-state index in [2.05, 4.69) is 0 Å². The first kappa shape index (κ1) is 11.6. The standard InChI is InChI=1S/C8H11Cl3O2/c1-7(8(9,10)11)5-3-4-6(12-2)13-7/h3-4,6H,5H2,1-2H3. The van der Waals surface area contributed by atoms with Crippen molar-refractivity contribution in [1.82, 2.24) is 0 Å². The Bertz CT molecular complexity index is 212. The Labute approximate surface area is 92.7 Å². The molecule has 0 spiro atoms. The molecule has 0 aromatic carbocycles. The van der Waals surface area contributed by atoms with Gasteiger partial charge >= 0.3 is 0 Å². The highest BCUT2D eigenvalue weighted by molar-refractivity contribution is 6.68. The van der Waals surface area contributed by atoms with E-state index < -0.39 is 15.7 Å². The number of alkyl halides is 3. The predicted octanol–water partition coefficient (Wildman–Crippen LogP) is 3.06. The van der Waals surface area contributed by atoms with Crippen LogP contribution in [0.1, 0.15) is 13.3 Å². The summed E-state index contributed by atoms with van der Waals surface area (Å²) in [5.74, 6) is 0. The first-order chi connectivity index (χ1) is 5.89. The number of halogens is 3. The van der Waals surface area contributed by atoms with E-state index in [0.717, 1.165) is 0 Å². The van der Waals surface area contributed by atoms with Crippen molar-refractivity contribution in [2.24, 2.45) is 0 Å². The average Bonchev–Trinajstić information content (AvgIpc) is 2.02. The van der Waals surface area contributed by atoms with Crippen LogP contribution in [0.2, 0.25) is 0 Å². The Morgan fingerprint density at radius 3 is 2.62 bits per heavy atom. The molecule has 2 nitrogen and oxygen atoms in total. The fraction of sp³-hybridized carbons (Fsp3) is 0.750. The summed E-state index contributed by atoms with van der Waals surface area (Å²) in [4.78, 5) is 0. The van der Waals surface area contributed by atoms with Crippen LogP contribution in [0.25, 0.3) is 0 Å². The Kier molecular flexibility index (Phi) is 3.53. The second-order valence-electron chi connectivity index (χ2n) is 3.08. The molecule has 0 radical (unpaired) electrons. The predicted molar refractivity (Wildman–Crippen MR) is 54.3 cm³/mol. The van der Waals surface area contributed by atoms with Gasteiger partial charge in [0.05, 0.1) is 0 Å². The molecule has 0 aliphatic carbocycles. The SMILES string of the molecule is COC1C=CCC(C)(C(Cl)(Cl)Cl)O1. The molecule has 1 heterocycles. The molecule has 2 atom stereocenters. The number of ether oxygens (including phenoxy) is 2. The van der Waals surface area contributed by atoms with Crippen LogP contribution in [0.3, 0.4) is 0 Å². The largest absolute Gasteiger partial charge is 0.352 e. The molecule has 1 aliphatic rings. The van der Waals surface area contributed by atoms with Crippen LogP contribution in [0, 0.1) is 0 Å². The lowest BCUT2D eigenvalue weighted by Crippen LogP contribution is -2.46. The number of hydrogen-bond acceptors (Lipinski definition) is 2. The summed E-state index contributed by atoms with van der Waals surface area (Å²) >= 11 is 17.4. The van der Waals surface area contributed by atoms with Crippen molar-refractivity contribution in [1.29, 1.82) is 0 Å². The van der Waals surface area contributed by atoms with Gasteiger partial charge in [-0.15, -0.1) is 0 Å². The molecule has 0 N–H and O–H groups in total. The average molecular weight is 246 g/mol. The van der Waals surface area contributed by atoms with Crippen molar-refractivity contribution < 1.29 is 9.47 Å². The lowest BCUT2D eigenvalue weighted by molar-refractivity contribution is -0.173. The van der Waals surface area contributed by atoms with Gasteiger partial charge in [0.2, 0.25) is 3.79 Å². The van der Waals surface area contributed by atoms with Crippen molar-refractivity contribution >= 4 is 34.8 Å². The minimum absolute atomic E-state index is 0.436. The van der Waals surface area contributed by atoms with Crippen molar-refractivity contribution in [2.45, 2.75) is 29.0 Å². The highest BCUT2D eigenvalue weighted by atomic mass is 35.6. The Balaban J connectivity index is 2.78. The van der Waals surface area contributed by atoms with Gasteiger partial charge in [0, 0.05) is 7.11 Å². The van der Waals surface area contributed by atoms with E-state index >= 15 is 0 Å². The summed E-state index contributed by atoms with van der Waals surface area (Å²) in [5, 5.41) is 0. The van der Waals surface area contributed by atoms with Gasteiger partial charge in [-0.3, -0.25) is 0 Å². The Hall–Kier alpha value is 0.530. The van der Waals surface area contributed by atoms with Gasteiger partial charge in [-0.05, 0) is 19.4 Å². The summed E-state index contributed by atoms with van der Waals surface area (Å²) < 4.78 is 9.03. The Morgan fingerprint density at radius 1 is 1.54 bits per heavy atom. The Morgan fingerprint density at radius 2 is 2.15 bits per heavy atom. The van der Waals surface area contributed by atoms with Crippen LogP contribution >= 0.6 is 34.8 Å². The van der Waals surface area contributed by atoms with E-state index in [0.29, 0.717) is 6.42 Å². The molecule has 0 amide bonds. The minimum atomic E-state index is -1.45. The van der Waals surface area contributed by atoms with Gasteiger partial charge in [-0.2, -0.15) is 0 Å². The van der Waals surface area contributed by atoms with Crippen LogP contribution in [0.15, 0.2) is 12.2 Å². The summed E-state index contributed by atoms with van der Waals surface area (Å²) in [6.45, 7) is 1.75. The summed E-state index contributed by atoms with van der Waals surface area (Å²) in [6.07, 6.45) is 3.80. The number of rotatable bonds is 1. The van der Waals surface area contributed by atoms with E-state index in [-0.39, 0.29) is 0 Å². The number of methoxy groups -OCH3 is 1. The zero-order chi connectivity index (χ0) is 10.1. The van der Waals surface area contributed by atoms with Gasteiger partial charge in [-0.1, -0.05) is 40.9 Å². The molecule has 0 saturated carbocycles. The smallest absolute Gasteiger partial charge is 0.219 e. The quantitative estimate of drug-likeness (QED) is 0.522. The van der Waals surface area contributed by atoms with E-state index in [1.807, 2.05) is 6.08 Å². The highest BCUT2D eigenvalue weighted by Gasteiger charge is 2.47. The molecule has 13 heavy (non-hydrogen) atoms. The maximum absolute atomic E-state index is 5.79. The van der Waals surface area contributed by atoms with Crippen LogP contribution in [-0.4, -0.2) is 22.8 Å². The molecule has 0 saturated heterocycles. The maximum Gasteiger partial charge on any atom is 0.219 e. The van der Waals surface area contributed by atoms with E-state index in [9.17, 15) is 0 Å². The van der Waals surface area contributed by atoms with Crippen LogP contribution in [0.5, 0.6) is 0 Å². The normalized spacial score (nSPS) is 35.0. The van der Waals surface area contributed by atoms with Crippen LogP contribution in [0.4, 0.5) is 0 Å². The zero-order valence-electron chi connectivity index (χ0n) is 7.39. The van der Waals surface area contributed by atoms with Crippen molar-refractivity contribution in [3.63, 3.8) is 0 Å². The molecule has 5 heteroatoms. The summed E-state index contributed by atoms with van der Waals surface area (Å²) in [7, 11) is 1.54. The van der Waals surface area contributed by atoms with Gasteiger partial charge in [0.1, 0.15) is 5.60 Å². The fourth-order valence-corrected chi connectivity index (χ4v) is 1.42. The molecule has 1 aliphatic heterocycles. The zero-order valence-corrected chi connectivity index (χ0v) is 9.66. The monoisotopic (exact) mass is 244 g/mol. The highest BCUT2D eigenvalue weighted by Crippen LogP contribution is 2.45. The fourth-order valence-electron chi connectivity index (χ4n) is 1.06. The van der Waals surface area contributed by atoms with Gasteiger partial charge in [0.15, 0.2) is 6.29 Å². The summed E-state index contributed by atoms with van der Waals surface area (Å²) in [6, 6.07) is 0. The van der Waals surface area contributed by atoms with Crippen LogP contribution in [-0.2, 0) is 9.47 Å². The lowest BCUT2D eigenvalue weighted by atomic mass is 10.0. The van der Waals surface area contributed by atoms with E-state index in [4.69, 9.17) is 44.3 Å². The third-order valence-corrected chi connectivity index (χ3v) is 3.21. The first-order valence-corrected chi connectivity index (χ1v) is 4.96. The minimum Gasteiger partial charge on any atom is -0.352 e. The molecule has 0 fully saturated rings. The molecule has 2 unspecified atom stereocenters. The van der Waals surface area contributed by atoms with Gasteiger partial charge in [-0.25, -0.2) is 0 Å².